The zero-order chi connectivity index (χ0) is 52.5. The van der Waals surface area contributed by atoms with E-state index in [1.165, 1.54) is 25.8 Å². The number of hydrogen-bond donors (Lipinski definition) is 11. The Labute approximate surface area is 406 Å². The normalized spacial score (nSPS) is 16.7. The molecule has 1 aliphatic rings. The fourth-order valence-corrected chi connectivity index (χ4v) is 7.39. The number of carbonyl (C=O) groups excluding carboxylic acids is 10. The molecule has 10 amide bonds. The van der Waals surface area contributed by atoms with Crippen molar-refractivity contribution < 1.29 is 53.1 Å². The first kappa shape index (κ1) is 60.9. The Morgan fingerprint density at radius 1 is 0.710 bits per heavy atom. The van der Waals surface area contributed by atoms with Crippen LogP contribution in [0.4, 0.5) is 0 Å². The maximum atomic E-state index is 14.1. The summed E-state index contributed by atoms with van der Waals surface area (Å²) in [7, 11) is 1.42. The van der Waals surface area contributed by atoms with E-state index in [0.29, 0.717) is 45.2 Å². The third-order valence-electron chi connectivity index (χ3n) is 11.6. The highest BCUT2D eigenvalue weighted by atomic mass is 16.3. The summed E-state index contributed by atoms with van der Waals surface area (Å²) in [4.78, 5) is 139. The Kier molecular flexibility index (Phi) is 27.5. The van der Waals surface area contributed by atoms with Crippen LogP contribution in [0.5, 0.6) is 0 Å². The Morgan fingerprint density at radius 2 is 1.29 bits per heavy atom. The Balaban J connectivity index is 3.26. The molecule has 69 heavy (non-hydrogen) atoms. The highest BCUT2D eigenvalue weighted by molar-refractivity contribution is 5.98. The van der Waals surface area contributed by atoms with Crippen LogP contribution in [-0.2, 0) is 47.9 Å². The van der Waals surface area contributed by atoms with Crippen LogP contribution in [0.1, 0.15) is 120 Å². The second-order valence-corrected chi connectivity index (χ2v) is 17.9. The molecule has 0 spiro atoms. The number of hydrogen-bond acceptors (Lipinski definition) is 12. The average molecular weight is 980 g/mol. The number of rotatable bonds is 30. The summed E-state index contributed by atoms with van der Waals surface area (Å²) in [5, 5.41) is 31.7. The van der Waals surface area contributed by atoms with E-state index < -0.39 is 108 Å². The molecule has 1 heterocycles. The monoisotopic (exact) mass is 980 g/mol. The highest BCUT2D eigenvalue weighted by Crippen LogP contribution is 2.20. The molecule has 1 aliphatic heterocycles. The van der Waals surface area contributed by atoms with Gasteiger partial charge in [0.2, 0.25) is 59.1 Å². The van der Waals surface area contributed by atoms with Gasteiger partial charge in [-0.3, -0.25) is 52.9 Å². The molecule has 9 atom stereocenters. The van der Waals surface area contributed by atoms with Gasteiger partial charge in [-0.05, 0) is 70.6 Å². The number of aliphatic imine (C=N–C) groups is 1. The van der Waals surface area contributed by atoms with Crippen LogP contribution in [0.2, 0.25) is 0 Å². The average Bonchev–Trinajstić information content (AvgIpc) is 3.78. The van der Waals surface area contributed by atoms with Crippen molar-refractivity contribution in [1.82, 2.24) is 52.3 Å². The van der Waals surface area contributed by atoms with Crippen molar-refractivity contribution in [3.8, 4) is 0 Å². The maximum Gasteiger partial charge on any atom is 0.245 e. The predicted molar refractivity (Wildman–Crippen MR) is 257 cm³/mol. The van der Waals surface area contributed by atoms with Crippen LogP contribution < -0.4 is 54.0 Å². The number of nitrogens with zero attached hydrogens (tertiary/aromatic N) is 3. The number of likely N-dealkylation sites (N-methyl/N-ethyl adjacent to an activating group) is 2. The van der Waals surface area contributed by atoms with Gasteiger partial charge in [0, 0.05) is 33.6 Å². The summed E-state index contributed by atoms with van der Waals surface area (Å²) in [5.74, 6) is -7.09. The van der Waals surface area contributed by atoms with E-state index in [1.807, 2.05) is 6.92 Å². The molecule has 0 aliphatic carbocycles. The third kappa shape index (κ3) is 21.4. The highest BCUT2D eigenvalue weighted by Gasteiger charge is 2.40. The number of guanidine groups is 1. The fourth-order valence-electron chi connectivity index (χ4n) is 7.39. The summed E-state index contributed by atoms with van der Waals surface area (Å²) in [6.45, 7) is 14.9. The topological polar surface area (TPSA) is 358 Å². The molecule has 0 unspecified atom stereocenters. The second-order valence-electron chi connectivity index (χ2n) is 17.9. The second kappa shape index (κ2) is 31.1. The van der Waals surface area contributed by atoms with E-state index in [1.54, 1.807) is 41.5 Å². The number of likely N-dealkylation sites (tertiary alicyclic amines) is 1. The SMILES string of the molecule is CCC[C@H](NC(=O)[C@@H](NC(=O)[C@@H](CC(C)C)NC(=O)[C@H](CC)NC(=O)CNC(=O)CN(C)C(C)=O)[C@@H](C)O)C(=O)N[C@H](C(=O)N[C@@H](CCCN=C(N)N)C(=O)N1CCC[C@H]1C(=O)NCC)[C@@H](C)CC. The quantitative estimate of drug-likeness (QED) is 0.0199. The molecule has 1 fully saturated rings. The largest absolute Gasteiger partial charge is 0.391 e. The number of aliphatic hydroxyl groups is 1. The summed E-state index contributed by atoms with van der Waals surface area (Å²) in [5.41, 5.74) is 11.0. The molecule has 0 aromatic heterocycles. The van der Waals surface area contributed by atoms with Crippen molar-refractivity contribution in [2.24, 2.45) is 28.3 Å². The van der Waals surface area contributed by atoms with E-state index in [4.69, 9.17) is 11.5 Å². The number of nitrogens with two attached hydrogens (primary N) is 2. The van der Waals surface area contributed by atoms with Gasteiger partial charge in [-0.2, -0.15) is 0 Å². The predicted octanol–water partition coefficient (Wildman–Crippen LogP) is -2.65. The molecule has 1 saturated heterocycles. The first-order chi connectivity index (χ1) is 32.4. The molecular weight excluding hydrogens is 899 g/mol. The zero-order valence-corrected chi connectivity index (χ0v) is 42.2. The van der Waals surface area contributed by atoms with Gasteiger partial charge in [-0.15, -0.1) is 0 Å². The van der Waals surface area contributed by atoms with Crippen molar-refractivity contribution in [2.75, 3.05) is 39.8 Å². The minimum absolute atomic E-state index is 0.0876. The van der Waals surface area contributed by atoms with Crippen molar-refractivity contribution in [3.63, 3.8) is 0 Å². The van der Waals surface area contributed by atoms with E-state index >= 15 is 0 Å². The van der Waals surface area contributed by atoms with Crippen molar-refractivity contribution in [2.45, 2.75) is 168 Å². The smallest absolute Gasteiger partial charge is 0.245 e. The molecule has 24 nitrogen and oxygen atoms in total. The minimum atomic E-state index is -1.61. The van der Waals surface area contributed by atoms with Crippen molar-refractivity contribution >= 4 is 65.0 Å². The van der Waals surface area contributed by atoms with E-state index in [-0.39, 0.29) is 62.5 Å². The van der Waals surface area contributed by atoms with Crippen LogP contribution in [0, 0.1) is 11.8 Å². The van der Waals surface area contributed by atoms with Gasteiger partial charge < -0.3 is 68.9 Å². The van der Waals surface area contributed by atoms with Gasteiger partial charge in [-0.1, -0.05) is 54.4 Å². The lowest BCUT2D eigenvalue weighted by molar-refractivity contribution is -0.142. The van der Waals surface area contributed by atoms with Gasteiger partial charge >= 0.3 is 0 Å². The van der Waals surface area contributed by atoms with Gasteiger partial charge in [0.15, 0.2) is 5.96 Å². The lowest BCUT2D eigenvalue weighted by Gasteiger charge is -2.31. The van der Waals surface area contributed by atoms with Crippen LogP contribution >= 0.6 is 0 Å². The van der Waals surface area contributed by atoms with Gasteiger partial charge in [-0.25, -0.2) is 0 Å². The molecule has 0 aromatic rings. The maximum absolute atomic E-state index is 14.1. The van der Waals surface area contributed by atoms with Gasteiger partial charge in [0.1, 0.15) is 42.3 Å². The van der Waals surface area contributed by atoms with Crippen LogP contribution in [0.25, 0.3) is 0 Å². The van der Waals surface area contributed by atoms with Crippen LogP contribution in [0.15, 0.2) is 4.99 Å². The summed E-state index contributed by atoms with van der Waals surface area (Å²) < 4.78 is 0. The standard InChI is InChI=1S/C45H81N13O11/c1-11-17-30(39(64)55-36(26(7)12-2)42(67)53-31(18-15-20-49-45(46)47)44(69)58-21-16-19-33(58)41(66)48-14-4)52-43(68)37(27(8)59)56-40(65)32(22-25(5)6)54-38(63)29(13-3)51-34(61)23-50-35(62)24-57(10)28(9)60/h25-27,29-33,36-37,59H,11-24H2,1-10H3,(H,48,66)(H,50,62)(H,51,61)(H,52,68)(H,53,67)(H,54,63)(H,55,64)(H,56,65)(H4,46,47,49)/t26-,27+,29-,30-,31-,32+,33-,36-,37-/m0/s1. The van der Waals surface area contributed by atoms with E-state index in [9.17, 15) is 53.1 Å². The fraction of sp³-hybridized carbons (Fsp3) is 0.756. The molecule has 1 rings (SSSR count). The van der Waals surface area contributed by atoms with E-state index in [2.05, 4.69) is 47.5 Å². The van der Waals surface area contributed by atoms with Crippen LogP contribution in [0.3, 0.4) is 0 Å². The van der Waals surface area contributed by atoms with Crippen molar-refractivity contribution in [3.05, 3.63) is 0 Å². The first-order valence-electron chi connectivity index (χ1n) is 24.0. The first-order valence-corrected chi connectivity index (χ1v) is 24.0. The minimum Gasteiger partial charge on any atom is -0.391 e. The zero-order valence-electron chi connectivity index (χ0n) is 42.2. The molecular formula is C45H81N13O11. The molecule has 0 bridgehead atoms. The number of nitrogens with one attached hydrogen (secondary N) is 8. The molecule has 13 N–H and O–H groups in total. The van der Waals surface area contributed by atoms with Crippen LogP contribution in [-0.4, -0.2) is 168 Å². The third-order valence-corrected chi connectivity index (χ3v) is 11.6. The summed E-state index contributed by atoms with van der Waals surface area (Å²) in [6.07, 6.45) is 1.05. The summed E-state index contributed by atoms with van der Waals surface area (Å²) in [6, 6.07) is -8.24. The van der Waals surface area contributed by atoms with Gasteiger partial charge in [0.25, 0.3) is 0 Å². The lowest BCUT2D eigenvalue weighted by Crippen LogP contribution is -2.62. The Morgan fingerprint density at radius 3 is 1.84 bits per heavy atom. The number of aliphatic hydroxyl groups excluding tert-OH is 1. The number of amides is 10. The molecule has 0 radical (unpaired) electrons. The molecule has 392 valence electrons. The Bertz CT molecular complexity index is 1790. The molecule has 0 saturated carbocycles. The molecule has 0 aromatic carbocycles. The van der Waals surface area contributed by atoms with Crippen molar-refractivity contribution in [1.29, 1.82) is 0 Å². The number of carbonyl (C=O) groups is 10. The summed E-state index contributed by atoms with van der Waals surface area (Å²) >= 11 is 0. The molecule has 24 heteroatoms. The van der Waals surface area contributed by atoms with Gasteiger partial charge in [0.05, 0.1) is 19.2 Å². The van der Waals surface area contributed by atoms with E-state index in [0.717, 1.165) is 4.90 Å². The lowest BCUT2D eigenvalue weighted by atomic mass is 9.96. The Hall–Kier alpha value is -6.07.